The van der Waals surface area contributed by atoms with Crippen LogP contribution < -0.4 is 9.80 Å². The lowest BCUT2D eigenvalue weighted by molar-refractivity contribution is -0.125. The highest BCUT2D eigenvalue weighted by atomic mass is 19.1. The van der Waals surface area contributed by atoms with Crippen molar-refractivity contribution in [3.8, 4) is 0 Å². The van der Waals surface area contributed by atoms with Gasteiger partial charge in [0.05, 0.1) is 6.54 Å². The summed E-state index contributed by atoms with van der Waals surface area (Å²) in [6.07, 6.45) is 5.32. The fourth-order valence-corrected chi connectivity index (χ4v) is 6.13. The molecular weight excluding hydrogens is 453 g/mol. The highest BCUT2D eigenvalue weighted by molar-refractivity contribution is 6.12. The van der Waals surface area contributed by atoms with E-state index in [4.69, 9.17) is 0 Å². The smallest absolute Gasteiger partial charge is 0.255 e. The molecule has 0 N–H and O–H groups in total. The fraction of sp³-hybridized carbons (Fsp3) is 0.333. The third kappa shape index (κ3) is 4.09. The van der Waals surface area contributed by atoms with Gasteiger partial charge in [0.15, 0.2) is 0 Å². The van der Waals surface area contributed by atoms with Crippen molar-refractivity contribution in [3.63, 3.8) is 0 Å². The molecule has 1 unspecified atom stereocenters. The molecule has 3 aromatic carbocycles. The van der Waals surface area contributed by atoms with Crippen molar-refractivity contribution >= 4 is 23.2 Å². The van der Waals surface area contributed by atoms with Crippen LogP contribution in [0.15, 0.2) is 72.8 Å². The minimum atomic E-state index is -0.803. The van der Waals surface area contributed by atoms with Crippen LogP contribution in [0.4, 0.5) is 15.8 Å². The SMILES string of the molecule is O=C1C(N(C(=O)CN2Cc3ccccc3C2)c2cccc(F)c2)c2ccccc2N1C1CCCCC1. The van der Waals surface area contributed by atoms with Crippen LogP contribution in [0.1, 0.15) is 54.8 Å². The van der Waals surface area contributed by atoms with E-state index in [1.54, 1.807) is 12.1 Å². The largest absolute Gasteiger partial charge is 0.307 e. The number of fused-ring (bicyclic) bond motifs is 2. The molecule has 2 amide bonds. The lowest BCUT2D eigenvalue weighted by Gasteiger charge is -2.34. The first-order valence-corrected chi connectivity index (χ1v) is 12.9. The molecular formula is C30H30FN3O2. The maximum absolute atomic E-state index is 14.4. The second-order valence-electron chi connectivity index (χ2n) is 10.1. The molecule has 0 spiro atoms. The number of hydrogen-bond acceptors (Lipinski definition) is 3. The van der Waals surface area contributed by atoms with Gasteiger partial charge in [-0.25, -0.2) is 4.39 Å². The third-order valence-corrected chi connectivity index (χ3v) is 7.78. The van der Waals surface area contributed by atoms with Gasteiger partial charge < -0.3 is 4.90 Å². The molecule has 0 saturated heterocycles. The molecule has 1 fully saturated rings. The Morgan fingerprint density at radius 3 is 2.31 bits per heavy atom. The summed E-state index contributed by atoms with van der Waals surface area (Å²) in [6.45, 7) is 1.52. The summed E-state index contributed by atoms with van der Waals surface area (Å²) in [6, 6.07) is 21.3. The maximum Gasteiger partial charge on any atom is 0.255 e. The molecule has 6 rings (SSSR count). The van der Waals surface area contributed by atoms with Gasteiger partial charge in [0.25, 0.3) is 5.91 Å². The Labute approximate surface area is 211 Å². The normalized spacial score (nSPS) is 19.9. The fourth-order valence-electron chi connectivity index (χ4n) is 6.13. The quantitative estimate of drug-likeness (QED) is 0.475. The van der Waals surface area contributed by atoms with Crippen LogP contribution in [0.3, 0.4) is 0 Å². The molecule has 3 aliphatic rings. The minimum Gasteiger partial charge on any atom is -0.307 e. The van der Waals surface area contributed by atoms with Crippen molar-refractivity contribution < 1.29 is 14.0 Å². The summed E-state index contributed by atoms with van der Waals surface area (Å²) in [7, 11) is 0. The summed E-state index contributed by atoms with van der Waals surface area (Å²) in [5.74, 6) is -0.723. The number of para-hydroxylation sites is 1. The maximum atomic E-state index is 14.4. The van der Waals surface area contributed by atoms with Crippen molar-refractivity contribution in [2.75, 3.05) is 16.3 Å². The first-order chi connectivity index (χ1) is 17.6. The molecule has 2 heterocycles. The molecule has 3 aromatic rings. The number of rotatable bonds is 5. The van der Waals surface area contributed by atoms with E-state index in [9.17, 15) is 14.0 Å². The zero-order chi connectivity index (χ0) is 24.6. The number of hydrogen-bond donors (Lipinski definition) is 0. The molecule has 2 aliphatic heterocycles. The molecule has 1 atom stereocenters. The summed E-state index contributed by atoms with van der Waals surface area (Å²) in [5.41, 5.74) is 4.54. The Hall–Kier alpha value is -3.51. The van der Waals surface area contributed by atoms with E-state index in [1.807, 2.05) is 41.3 Å². The number of halogens is 1. The average molecular weight is 484 g/mol. The molecule has 1 aliphatic carbocycles. The Kier molecular flexibility index (Phi) is 6.05. The lowest BCUT2D eigenvalue weighted by atomic mass is 9.94. The molecule has 5 nitrogen and oxygen atoms in total. The van der Waals surface area contributed by atoms with Crippen LogP contribution in [0, 0.1) is 5.82 Å². The van der Waals surface area contributed by atoms with Crippen LogP contribution in [-0.4, -0.2) is 29.3 Å². The van der Waals surface area contributed by atoms with Crippen LogP contribution in [0.25, 0.3) is 0 Å². The Bertz CT molecular complexity index is 1280. The van der Waals surface area contributed by atoms with E-state index in [1.165, 1.54) is 34.6 Å². The molecule has 0 aromatic heterocycles. The third-order valence-electron chi connectivity index (χ3n) is 7.78. The summed E-state index contributed by atoms with van der Waals surface area (Å²) in [4.78, 5) is 33.6. The van der Waals surface area contributed by atoms with Gasteiger partial charge in [-0.15, -0.1) is 0 Å². The van der Waals surface area contributed by atoms with Crippen LogP contribution >= 0.6 is 0 Å². The average Bonchev–Trinajstić information content (AvgIpc) is 3.43. The van der Waals surface area contributed by atoms with Gasteiger partial charge in [0, 0.05) is 36.1 Å². The Balaban J connectivity index is 1.36. The van der Waals surface area contributed by atoms with E-state index in [-0.39, 0.29) is 24.4 Å². The Morgan fingerprint density at radius 2 is 1.58 bits per heavy atom. The predicted octanol–water partition coefficient (Wildman–Crippen LogP) is 5.60. The van der Waals surface area contributed by atoms with Crippen molar-refractivity contribution in [2.45, 2.75) is 57.3 Å². The molecule has 0 bridgehead atoms. The number of nitrogens with zero attached hydrogens (tertiary/aromatic N) is 3. The second-order valence-corrected chi connectivity index (χ2v) is 10.1. The topological polar surface area (TPSA) is 43.9 Å². The van der Waals surface area contributed by atoms with Crippen LogP contribution in [0.2, 0.25) is 0 Å². The van der Waals surface area contributed by atoms with Gasteiger partial charge >= 0.3 is 0 Å². The number of carbonyl (C=O) groups is 2. The molecule has 0 radical (unpaired) electrons. The summed E-state index contributed by atoms with van der Waals surface area (Å²) in [5, 5.41) is 0. The monoisotopic (exact) mass is 483 g/mol. The van der Waals surface area contributed by atoms with Crippen molar-refractivity contribution in [1.29, 1.82) is 0 Å². The number of anilines is 2. The first kappa shape index (κ1) is 22.9. The van der Waals surface area contributed by atoms with Crippen LogP contribution in [0.5, 0.6) is 0 Å². The second kappa shape index (κ2) is 9.51. The van der Waals surface area contributed by atoms with Crippen molar-refractivity contribution in [1.82, 2.24) is 4.90 Å². The van der Waals surface area contributed by atoms with Crippen LogP contribution in [-0.2, 0) is 22.7 Å². The van der Waals surface area contributed by atoms with Gasteiger partial charge in [-0.3, -0.25) is 19.4 Å². The molecule has 1 saturated carbocycles. The van der Waals surface area contributed by atoms with Crippen molar-refractivity contribution in [2.24, 2.45) is 0 Å². The standard InChI is InChI=1S/C30H30FN3O2/c31-23-11-8-14-25(17-23)34(28(35)20-32-18-21-9-4-5-10-22(21)19-32)29-26-15-6-7-16-27(26)33(30(29)36)24-12-2-1-3-13-24/h4-11,14-17,24,29H,1-3,12-13,18-20H2. The number of benzene rings is 3. The number of carbonyl (C=O) groups excluding carboxylic acids is 2. The summed E-state index contributed by atoms with van der Waals surface area (Å²) < 4.78 is 14.4. The van der Waals surface area contributed by atoms with Gasteiger partial charge in [-0.1, -0.05) is 67.8 Å². The van der Waals surface area contributed by atoms with E-state index in [2.05, 4.69) is 17.0 Å². The van der Waals surface area contributed by atoms with Crippen molar-refractivity contribution in [3.05, 3.63) is 95.3 Å². The van der Waals surface area contributed by atoms with E-state index in [0.717, 1.165) is 36.9 Å². The van der Waals surface area contributed by atoms with Gasteiger partial charge in [0.2, 0.25) is 5.91 Å². The number of amides is 2. The zero-order valence-electron chi connectivity index (χ0n) is 20.3. The molecule has 36 heavy (non-hydrogen) atoms. The Morgan fingerprint density at radius 1 is 0.889 bits per heavy atom. The summed E-state index contributed by atoms with van der Waals surface area (Å²) >= 11 is 0. The highest BCUT2D eigenvalue weighted by Crippen LogP contribution is 2.44. The zero-order valence-corrected chi connectivity index (χ0v) is 20.3. The highest BCUT2D eigenvalue weighted by Gasteiger charge is 2.46. The van der Waals surface area contributed by atoms with Gasteiger partial charge in [-0.2, -0.15) is 0 Å². The predicted molar refractivity (Wildman–Crippen MR) is 138 cm³/mol. The van der Waals surface area contributed by atoms with Gasteiger partial charge in [-0.05, 0) is 48.2 Å². The minimum absolute atomic E-state index is 0.0922. The van der Waals surface area contributed by atoms with E-state index in [0.29, 0.717) is 18.8 Å². The van der Waals surface area contributed by atoms with E-state index < -0.39 is 11.9 Å². The lowest BCUT2D eigenvalue weighted by Crippen LogP contribution is -2.47. The molecule has 6 heteroatoms. The van der Waals surface area contributed by atoms with E-state index >= 15 is 0 Å². The van der Waals surface area contributed by atoms with Gasteiger partial charge in [0.1, 0.15) is 11.9 Å². The molecule has 184 valence electrons. The first-order valence-electron chi connectivity index (χ1n) is 12.9.